The molecule has 0 aliphatic carbocycles. The van der Waals surface area contributed by atoms with Crippen molar-refractivity contribution in [3.05, 3.63) is 82.9 Å². The van der Waals surface area contributed by atoms with Gasteiger partial charge in [0.2, 0.25) is 5.91 Å². The van der Waals surface area contributed by atoms with Crippen molar-refractivity contribution in [1.29, 1.82) is 0 Å². The van der Waals surface area contributed by atoms with Gasteiger partial charge >= 0.3 is 0 Å². The lowest BCUT2D eigenvalue weighted by Gasteiger charge is -2.24. The van der Waals surface area contributed by atoms with Crippen molar-refractivity contribution in [2.45, 2.75) is 26.2 Å². The Morgan fingerprint density at radius 3 is 2.65 bits per heavy atom. The minimum atomic E-state index is -0.438. The zero-order valence-corrected chi connectivity index (χ0v) is 17.0. The third-order valence-electron chi connectivity index (χ3n) is 5.47. The lowest BCUT2D eigenvalue weighted by molar-refractivity contribution is -0.116. The standard InChI is InChI=1S/C23H19FN6O/c1-13-7-9-15(10-8-13)19-12-25-28-23(26-19)30-22-21(14(2)29-30)17(11-20(31)27-22)16-5-3-4-6-18(16)24/h3-10,12,17H,11H2,1-2H3,(H,27,31)/t17-/m1/s1. The lowest BCUT2D eigenvalue weighted by Crippen LogP contribution is -2.25. The Labute approximate surface area is 178 Å². The number of fused-ring (bicyclic) bond motifs is 1. The summed E-state index contributed by atoms with van der Waals surface area (Å²) in [6, 6.07) is 14.4. The maximum Gasteiger partial charge on any atom is 0.272 e. The fourth-order valence-corrected chi connectivity index (χ4v) is 3.96. The first kappa shape index (κ1) is 19.0. The van der Waals surface area contributed by atoms with Crippen molar-refractivity contribution in [2.75, 3.05) is 5.32 Å². The summed E-state index contributed by atoms with van der Waals surface area (Å²) in [5.74, 6) is -0.321. The van der Waals surface area contributed by atoms with Gasteiger partial charge in [0.05, 0.1) is 17.6 Å². The molecule has 1 aliphatic rings. The van der Waals surface area contributed by atoms with E-state index in [9.17, 15) is 9.18 Å². The Hall–Kier alpha value is -3.94. The van der Waals surface area contributed by atoms with Gasteiger partial charge in [0, 0.05) is 23.5 Å². The van der Waals surface area contributed by atoms with Crippen LogP contribution in [0, 0.1) is 19.7 Å². The number of amides is 1. The Morgan fingerprint density at radius 2 is 1.87 bits per heavy atom. The second-order valence-corrected chi connectivity index (χ2v) is 7.59. The molecule has 8 heteroatoms. The molecule has 0 unspecified atom stereocenters. The molecule has 0 saturated heterocycles. The van der Waals surface area contributed by atoms with Crippen molar-refractivity contribution >= 4 is 11.7 Å². The van der Waals surface area contributed by atoms with Gasteiger partial charge in [-0.15, -0.1) is 5.10 Å². The predicted octanol–water partition coefficient (Wildman–Crippen LogP) is 3.95. The molecule has 0 radical (unpaired) electrons. The summed E-state index contributed by atoms with van der Waals surface area (Å²) in [6.07, 6.45) is 1.72. The molecule has 0 spiro atoms. The Balaban J connectivity index is 1.63. The maximum atomic E-state index is 14.5. The summed E-state index contributed by atoms with van der Waals surface area (Å²) >= 11 is 0. The Kier molecular flexibility index (Phi) is 4.54. The number of aryl methyl sites for hydroxylation is 2. The minimum Gasteiger partial charge on any atom is -0.310 e. The van der Waals surface area contributed by atoms with Crippen LogP contribution in [0.5, 0.6) is 0 Å². The van der Waals surface area contributed by atoms with Crippen molar-refractivity contribution < 1.29 is 9.18 Å². The number of anilines is 1. The number of nitrogens with one attached hydrogen (secondary N) is 1. The van der Waals surface area contributed by atoms with Gasteiger partial charge in [0.1, 0.15) is 11.6 Å². The molecule has 1 aliphatic heterocycles. The summed E-state index contributed by atoms with van der Waals surface area (Å²) in [6.45, 7) is 3.85. The molecule has 4 aromatic rings. The van der Waals surface area contributed by atoms with Crippen molar-refractivity contribution in [3.8, 4) is 17.2 Å². The number of hydrogen-bond acceptors (Lipinski definition) is 5. The van der Waals surface area contributed by atoms with Crippen LogP contribution >= 0.6 is 0 Å². The summed E-state index contributed by atoms with van der Waals surface area (Å²) in [5.41, 5.74) is 4.58. The number of hydrogen-bond donors (Lipinski definition) is 1. The number of benzene rings is 2. The van der Waals surface area contributed by atoms with E-state index in [-0.39, 0.29) is 24.1 Å². The molecular weight excluding hydrogens is 395 g/mol. The highest BCUT2D eigenvalue weighted by molar-refractivity contribution is 5.95. The van der Waals surface area contributed by atoms with Gasteiger partial charge < -0.3 is 5.32 Å². The van der Waals surface area contributed by atoms with Crippen LogP contribution in [0.4, 0.5) is 10.2 Å². The van der Waals surface area contributed by atoms with Crippen LogP contribution in [-0.4, -0.2) is 30.9 Å². The van der Waals surface area contributed by atoms with Gasteiger partial charge in [0.25, 0.3) is 5.95 Å². The first-order chi connectivity index (χ1) is 15.0. The number of aromatic nitrogens is 5. The molecule has 5 rings (SSSR count). The molecule has 154 valence electrons. The van der Waals surface area contributed by atoms with Crippen molar-refractivity contribution in [3.63, 3.8) is 0 Å². The summed E-state index contributed by atoms with van der Waals surface area (Å²) in [7, 11) is 0. The first-order valence-corrected chi connectivity index (χ1v) is 9.92. The summed E-state index contributed by atoms with van der Waals surface area (Å²) < 4.78 is 16.0. The molecule has 31 heavy (non-hydrogen) atoms. The SMILES string of the molecule is Cc1ccc(-c2cnnc(-n3nc(C)c4c3NC(=O)C[C@@H]4c3ccccc3F)n2)cc1. The van der Waals surface area contributed by atoms with Gasteiger partial charge in [-0.1, -0.05) is 48.0 Å². The molecule has 0 bridgehead atoms. The van der Waals surface area contributed by atoms with Gasteiger partial charge in [-0.3, -0.25) is 4.79 Å². The van der Waals surface area contributed by atoms with Crippen molar-refractivity contribution in [2.24, 2.45) is 0 Å². The number of nitrogens with zero attached hydrogens (tertiary/aromatic N) is 5. The van der Waals surface area contributed by atoms with Gasteiger partial charge in [0.15, 0.2) is 0 Å². The zero-order chi connectivity index (χ0) is 21.5. The number of carbonyl (C=O) groups excluding carboxylic acids is 1. The molecule has 3 heterocycles. The van der Waals surface area contributed by atoms with E-state index in [1.807, 2.05) is 38.1 Å². The van der Waals surface area contributed by atoms with Crippen LogP contribution in [0.15, 0.2) is 54.7 Å². The van der Waals surface area contributed by atoms with E-state index in [2.05, 4.69) is 25.6 Å². The highest BCUT2D eigenvalue weighted by atomic mass is 19.1. The molecule has 1 amide bonds. The predicted molar refractivity (Wildman–Crippen MR) is 113 cm³/mol. The van der Waals surface area contributed by atoms with E-state index in [1.165, 1.54) is 10.7 Å². The normalized spacial score (nSPS) is 15.5. The summed E-state index contributed by atoms with van der Waals surface area (Å²) in [5, 5.41) is 15.6. The largest absolute Gasteiger partial charge is 0.310 e. The van der Waals surface area contributed by atoms with E-state index < -0.39 is 5.92 Å². The highest BCUT2D eigenvalue weighted by Gasteiger charge is 2.34. The highest BCUT2D eigenvalue weighted by Crippen LogP contribution is 2.40. The van der Waals surface area contributed by atoms with Crippen LogP contribution in [0.25, 0.3) is 17.2 Å². The molecule has 2 aromatic carbocycles. The number of carbonyl (C=O) groups is 1. The third kappa shape index (κ3) is 3.35. The Morgan fingerprint density at radius 1 is 1.10 bits per heavy atom. The quantitative estimate of drug-likeness (QED) is 0.549. The maximum absolute atomic E-state index is 14.5. The second-order valence-electron chi connectivity index (χ2n) is 7.59. The summed E-state index contributed by atoms with van der Waals surface area (Å²) in [4.78, 5) is 17.1. The smallest absolute Gasteiger partial charge is 0.272 e. The van der Waals surface area contributed by atoms with Crippen LogP contribution < -0.4 is 5.32 Å². The fraction of sp³-hybridized carbons (Fsp3) is 0.174. The van der Waals surface area contributed by atoms with Crippen LogP contribution in [0.1, 0.15) is 34.7 Å². The van der Waals surface area contributed by atoms with Gasteiger partial charge in [-0.05, 0) is 25.5 Å². The van der Waals surface area contributed by atoms with E-state index in [0.717, 1.165) is 16.7 Å². The molecule has 7 nitrogen and oxygen atoms in total. The topological polar surface area (TPSA) is 85.6 Å². The second kappa shape index (κ2) is 7.39. The van der Waals surface area contributed by atoms with E-state index in [4.69, 9.17) is 0 Å². The molecule has 0 saturated carbocycles. The average Bonchev–Trinajstić information content (AvgIpc) is 3.10. The van der Waals surface area contributed by atoms with Crippen LogP contribution in [0.3, 0.4) is 0 Å². The lowest BCUT2D eigenvalue weighted by atomic mass is 9.85. The first-order valence-electron chi connectivity index (χ1n) is 9.92. The average molecular weight is 414 g/mol. The van der Waals surface area contributed by atoms with E-state index in [0.29, 0.717) is 22.8 Å². The van der Waals surface area contributed by atoms with Gasteiger partial charge in [-0.2, -0.15) is 14.9 Å². The van der Waals surface area contributed by atoms with Crippen LogP contribution in [-0.2, 0) is 4.79 Å². The zero-order valence-electron chi connectivity index (χ0n) is 17.0. The van der Waals surface area contributed by atoms with Crippen LogP contribution in [0.2, 0.25) is 0 Å². The fourth-order valence-electron chi connectivity index (χ4n) is 3.96. The molecule has 0 fully saturated rings. The third-order valence-corrected chi connectivity index (χ3v) is 5.47. The van der Waals surface area contributed by atoms with E-state index in [1.54, 1.807) is 24.4 Å². The minimum absolute atomic E-state index is 0.142. The molecule has 2 aromatic heterocycles. The number of rotatable bonds is 3. The molecule has 1 N–H and O–H groups in total. The number of halogens is 1. The Bertz CT molecular complexity index is 1300. The molecular formula is C23H19FN6O. The monoisotopic (exact) mass is 414 g/mol. The van der Waals surface area contributed by atoms with E-state index >= 15 is 0 Å². The van der Waals surface area contributed by atoms with Gasteiger partial charge in [-0.25, -0.2) is 9.37 Å². The van der Waals surface area contributed by atoms with Crippen molar-refractivity contribution in [1.82, 2.24) is 25.0 Å². The molecule has 1 atom stereocenters.